The molecule has 2 rings (SSSR count). The standard InChI is InChI=1S/C14H14N2O3/c15-8-11-4-2-1-3-10(11)7-12(14(18)19)16-13(17)9-5-6-9/h1-4,9,12H,5-7H2,(H,16,17)(H,18,19)/t12-/m1/s1. The highest BCUT2D eigenvalue weighted by atomic mass is 16.4. The molecule has 1 aliphatic carbocycles. The minimum atomic E-state index is -1.08. The zero-order chi connectivity index (χ0) is 13.8. The van der Waals surface area contributed by atoms with E-state index < -0.39 is 12.0 Å². The number of carbonyl (C=O) groups excluding carboxylic acids is 1. The largest absolute Gasteiger partial charge is 0.480 e. The maximum absolute atomic E-state index is 11.6. The van der Waals surface area contributed by atoms with Crippen LogP contribution >= 0.6 is 0 Å². The number of nitrogens with zero attached hydrogens (tertiary/aromatic N) is 1. The van der Waals surface area contributed by atoms with Crippen LogP contribution in [0.5, 0.6) is 0 Å². The fraction of sp³-hybridized carbons (Fsp3) is 0.357. The van der Waals surface area contributed by atoms with Crippen LogP contribution in [0.4, 0.5) is 0 Å². The van der Waals surface area contributed by atoms with Crippen molar-refractivity contribution in [2.75, 3.05) is 0 Å². The molecule has 0 unspecified atom stereocenters. The molecular weight excluding hydrogens is 244 g/mol. The molecule has 2 N–H and O–H groups in total. The van der Waals surface area contributed by atoms with Gasteiger partial charge in [0.15, 0.2) is 0 Å². The third-order valence-electron chi connectivity index (χ3n) is 3.12. The summed E-state index contributed by atoms with van der Waals surface area (Å²) in [4.78, 5) is 22.8. The Labute approximate surface area is 110 Å². The lowest BCUT2D eigenvalue weighted by Crippen LogP contribution is -2.43. The first-order valence-corrected chi connectivity index (χ1v) is 6.13. The first-order chi connectivity index (χ1) is 9.11. The van der Waals surface area contributed by atoms with Gasteiger partial charge in [0.25, 0.3) is 0 Å². The number of nitrogens with one attached hydrogen (secondary N) is 1. The third kappa shape index (κ3) is 3.32. The summed E-state index contributed by atoms with van der Waals surface area (Å²) >= 11 is 0. The van der Waals surface area contributed by atoms with Crippen molar-refractivity contribution in [2.45, 2.75) is 25.3 Å². The normalized spacial score (nSPS) is 15.3. The van der Waals surface area contributed by atoms with Crippen molar-refractivity contribution in [3.8, 4) is 6.07 Å². The Bertz CT molecular complexity index is 544. The molecule has 1 fully saturated rings. The Morgan fingerprint density at radius 1 is 1.42 bits per heavy atom. The van der Waals surface area contributed by atoms with Gasteiger partial charge in [-0.05, 0) is 24.5 Å². The molecule has 19 heavy (non-hydrogen) atoms. The van der Waals surface area contributed by atoms with Gasteiger partial charge in [0.05, 0.1) is 11.6 Å². The average Bonchev–Trinajstić information content (AvgIpc) is 3.22. The number of rotatable bonds is 5. The summed E-state index contributed by atoms with van der Waals surface area (Å²) in [5, 5.41) is 20.6. The Kier molecular flexibility index (Phi) is 3.81. The number of aliphatic carboxylic acids is 1. The van der Waals surface area contributed by atoms with E-state index in [1.807, 2.05) is 6.07 Å². The van der Waals surface area contributed by atoms with Crippen molar-refractivity contribution in [3.63, 3.8) is 0 Å². The number of carbonyl (C=O) groups is 2. The van der Waals surface area contributed by atoms with E-state index in [4.69, 9.17) is 10.4 Å². The maximum Gasteiger partial charge on any atom is 0.326 e. The second kappa shape index (κ2) is 5.53. The molecule has 98 valence electrons. The summed E-state index contributed by atoms with van der Waals surface area (Å²) in [6.45, 7) is 0. The second-order valence-electron chi connectivity index (χ2n) is 4.65. The van der Waals surface area contributed by atoms with Gasteiger partial charge in [-0.3, -0.25) is 4.79 Å². The monoisotopic (exact) mass is 258 g/mol. The number of amides is 1. The van der Waals surface area contributed by atoms with Crippen LogP contribution in [0.15, 0.2) is 24.3 Å². The number of carboxylic acid groups (broad SMARTS) is 1. The van der Waals surface area contributed by atoms with Crippen LogP contribution in [0, 0.1) is 17.2 Å². The molecular formula is C14H14N2O3. The van der Waals surface area contributed by atoms with Crippen molar-refractivity contribution in [1.29, 1.82) is 5.26 Å². The van der Waals surface area contributed by atoms with Gasteiger partial charge in [-0.25, -0.2) is 4.79 Å². The lowest BCUT2D eigenvalue weighted by molar-refractivity contribution is -0.142. The van der Waals surface area contributed by atoms with E-state index in [2.05, 4.69) is 5.32 Å². The van der Waals surface area contributed by atoms with Crippen LogP contribution in [0.3, 0.4) is 0 Å². The van der Waals surface area contributed by atoms with Crippen LogP contribution in [-0.4, -0.2) is 23.0 Å². The van der Waals surface area contributed by atoms with Crippen LogP contribution in [0.1, 0.15) is 24.0 Å². The van der Waals surface area contributed by atoms with Gasteiger partial charge in [0, 0.05) is 12.3 Å². The smallest absolute Gasteiger partial charge is 0.326 e. The molecule has 1 aromatic carbocycles. The van der Waals surface area contributed by atoms with Gasteiger partial charge in [-0.1, -0.05) is 18.2 Å². The molecule has 1 aliphatic rings. The molecule has 0 spiro atoms. The molecule has 0 bridgehead atoms. The van der Waals surface area contributed by atoms with Crippen LogP contribution in [-0.2, 0) is 16.0 Å². The highest BCUT2D eigenvalue weighted by Gasteiger charge is 2.32. The van der Waals surface area contributed by atoms with Gasteiger partial charge < -0.3 is 10.4 Å². The van der Waals surface area contributed by atoms with Gasteiger partial charge in [-0.2, -0.15) is 5.26 Å². The van der Waals surface area contributed by atoms with E-state index in [1.54, 1.807) is 24.3 Å². The van der Waals surface area contributed by atoms with E-state index in [9.17, 15) is 9.59 Å². The minimum Gasteiger partial charge on any atom is -0.480 e. The molecule has 5 nitrogen and oxygen atoms in total. The van der Waals surface area contributed by atoms with Crippen LogP contribution < -0.4 is 5.32 Å². The topological polar surface area (TPSA) is 90.2 Å². The summed E-state index contributed by atoms with van der Waals surface area (Å²) < 4.78 is 0. The van der Waals surface area contributed by atoms with E-state index in [0.717, 1.165) is 12.8 Å². The molecule has 0 aromatic heterocycles. The summed E-state index contributed by atoms with van der Waals surface area (Å²) in [5.74, 6) is -1.32. The van der Waals surface area contributed by atoms with E-state index in [0.29, 0.717) is 11.1 Å². The lowest BCUT2D eigenvalue weighted by Gasteiger charge is -2.15. The average molecular weight is 258 g/mol. The fourth-order valence-corrected chi connectivity index (χ4v) is 1.86. The molecule has 1 atom stereocenters. The van der Waals surface area contributed by atoms with Gasteiger partial charge in [0.2, 0.25) is 5.91 Å². The quantitative estimate of drug-likeness (QED) is 0.826. The first-order valence-electron chi connectivity index (χ1n) is 6.13. The zero-order valence-electron chi connectivity index (χ0n) is 10.3. The molecule has 0 saturated heterocycles. The molecule has 1 aromatic rings. The summed E-state index contributed by atoms with van der Waals surface area (Å²) in [6, 6.07) is 7.85. The Balaban J connectivity index is 2.09. The lowest BCUT2D eigenvalue weighted by atomic mass is 10.0. The first kappa shape index (κ1) is 13.1. The minimum absolute atomic E-state index is 0.0342. The molecule has 0 heterocycles. The highest BCUT2D eigenvalue weighted by molar-refractivity contribution is 5.86. The Hall–Kier alpha value is -2.35. The summed E-state index contributed by atoms with van der Waals surface area (Å²) in [6.07, 6.45) is 1.78. The van der Waals surface area contributed by atoms with E-state index >= 15 is 0 Å². The van der Waals surface area contributed by atoms with Crippen molar-refractivity contribution < 1.29 is 14.7 Å². The van der Waals surface area contributed by atoms with Crippen molar-refractivity contribution in [3.05, 3.63) is 35.4 Å². The third-order valence-corrected chi connectivity index (χ3v) is 3.12. The number of nitriles is 1. The second-order valence-corrected chi connectivity index (χ2v) is 4.65. The zero-order valence-corrected chi connectivity index (χ0v) is 10.3. The van der Waals surface area contributed by atoms with Gasteiger partial charge in [-0.15, -0.1) is 0 Å². The molecule has 1 amide bonds. The molecule has 0 aliphatic heterocycles. The number of benzene rings is 1. The van der Waals surface area contributed by atoms with Crippen LogP contribution in [0.2, 0.25) is 0 Å². The molecule has 1 saturated carbocycles. The van der Waals surface area contributed by atoms with E-state index in [-0.39, 0.29) is 18.2 Å². The van der Waals surface area contributed by atoms with Crippen molar-refractivity contribution >= 4 is 11.9 Å². The fourth-order valence-electron chi connectivity index (χ4n) is 1.86. The Morgan fingerprint density at radius 3 is 2.68 bits per heavy atom. The SMILES string of the molecule is N#Cc1ccccc1C[C@@H](NC(=O)C1CC1)C(=O)O. The van der Waals surface area contributed by atoms with Crippen molar-refractivity contribution in [1.82, 2.24) is 5.32 Å². The summed E-state index contributed by atoms with van der Waals surface area (Å²) in [7, 11) is 0. The number of hydrogen-bond acceptors (Lipinski definition) is 3. The summed E-state index contributed by atoms with van der Waals surface area (Å²) in [5.41, 5.74) is 1.07. The van der Waals surface area contributed by atoms with Gasteiger partial charge >= 0.3 is 5.97 Å². The van der Waals surface area contributed by atoms with E-state index in [1.165, 1.54) is 0 Å². The molecule has 0 radical (unpaired) electrons. The van der Waals surface area contributed by atoms with Gasteiger partial charge in [0.1, 0.15) is 6.04 Å². The number of carboxylic acids is 1. The van der Waals surface area contributed by atoms with Crippen molar-refractivity contribution in [2.24, 2.45) is 5.92 Å². The number of hydrogen-bond donors (Lipinski definition) is 2. The molecule has 5 heteroatoms. The maximum atomic E-state index is 11.6. The predicted octanol–water partition coefficient (Wildman–Crippen LogP) is 1.08. The van der Waals surface area contributed by atoms with Crippen LogP contribution in [0.25, 0.3) is 0 Å². The Morgan fingerprint density at radius 2 is 2.11 bits per heavy atom. The predicted molar refractivity (Wildman–Crippen MR) is 67.2 cm³/mol. The highest BCUT2D eigenvalue weighted by Crippen LogP contribution is 2.29.